The van der Waals surface area contributed by atoms with Gasteiger partial charge in [-0.15, -0.1) is 0 Å². The summed E-state index contributed by atoms with van der Waals surface area (Å²) in [6.45, 7) is 11.6. The molecule has 1 saturated carbocycles. The summed E-state index contributed by atoms with van der Waals surface area (Å²) < 4.78 is 5.85. The average Bonchev–Trinajstić information content (AvgIpc) is 3.62. The van der Waals surface area contributed by atoms with E-state index in [9.17, 15) is 24.0 Å². The quantitative estimate of drug-likeness (QED) is 0.269. The van der Waals surface area contributed by atoms with E-state index in [2.05, 4.69) is 15.8 Å². The second-order valence-corrected chi connectivity index (χ2v) is 16.6. The third-order valence-corrected chi connectivity index (χ3v) is 10.6. The molecule has 3 heterocycles. The lowest BCUT2D eigenvalue weighted by Crippen LogP contribution is -2.59. The van der Waals surface area contributed by atoms with Crippen LogP contribution in [0.1, 0.15) is 111 Å². The van der Waals surface area contributed by atoms with Gasteiger partial charge in [-0.3, -0.25) is 24.0 Å². The molecule has 2 saturated heterocycles. The molecular formula is C38H53ClN4O7. The monoisotopic (exact) mass is 712 g/mol. The van der Waals surface area contributed by atoms with Crippen LogP contribution < -0.4 is 10.6 Å². The van der Waals surface area contributed by atoms with E-state index in [0.717, 1.165) is 31.2 Å². The number of likely N-dealkylation sites (tertiary alicyclic amines) is 1. The van der Waals surface area contributed by atoms with Crippen LogP contribution in [0.5, 0.6) is 0 Å². The first-order valence-corrected chi connectivity index (χ1v) is 18.6. The first kappa shape index (κ1) is 37.9. The molecule has 50 heavy (non-hydrogen) atoms. The van der Waals surface area contributed by atoms with Crippen molar-refractivity contribution in [2.75, 3.05) is 6.54 Å². The smallest absolute Gasteiger partial charge is 0.246 e. The molecule has 2 N–H and O–H groups in total. The maximum atomic E-state index is 14.6. The molecule has 0 aromatic heterocycles. The molecule has 7 atom stereocenters. The molecule has 11 nitrogen and oxygen atoms in total. The minimum absolute atomic E-state index is 0.0436. The van der Waals surface area contributed by atoms with Crippen LogP contribution in [0.25, 0.3) is 0 Å². The summed E-state index contributed by atoms with van der Waals surface area (Å²) in [5.41, 5.74) is -0.289. The molecule has 1 aromatic rings. The second kappa shape index (κ2) is 15.5. The van der Waals surface area contributed by atoms with Crippen LogP contribution >= 0.6 is 11.6 Å². The number of hydrogen-bond donors (Lipinski definition) is 2. The summed E-state index contributed by atoms with van der Waals surface area (Å²) >= 11 is 6.26. The molecule has 1 aromatic carbocycles. The van der Waals surface area contributed by atoms with Gasteiger partial charge in [0.2, 0.25) is 29.3 Å². The standard InChI is InChI=1S/C38H53ClN4O7/c1-7-9-28(33(46)31(44)16-24-12-13-24)40-35(47)30-20-38(19-29(42-50-38)26-10-8-11-27(39)18-26)21-43(30)36(48)34(37(4,5)6)41-32(45)17-25-14-22(2)49-23(3)15-25/h8,10-11,18,22-25,28,30,34H,7,9,12-17,19-21H2,1-6H3,(H,40,47)(H,41,45)/t22-,23+,25?,28-,30?,34+,38+/m0/s1. The zero-order chi connectivity index (χ0) is 36.4. The van der Waals surface area contributed by atoms with Gasteiger partial charge in [0.25, 0.3) is 0 Å². The van der Waals surface area contributed by atoms with Gasteiger partial charge in [-0.25, -0.2) is 0 Å². The third-order valence-electron chi connectivity index (χ3n) is 10.3. The Morgan fingerprint density at radius 1 is 1.04 bits per heavy atom. The maximum Gasteiger partial charge on any atom is 0.246 e. The lowest BCUT2D eigenvalue weighted by atomic mass is 9.84. The van der Waals surface area contributed by atoms with E-state index in [4.69, 9.17) is 21.2 Å². The lowest BCUT2D eigenvalue weighted by molar-refractivity contribution is -0.145. The van der Waals surface area contributed by atoms with E-state index in [1.54, 1.807) is 12.1 Å². The van der Waals surface area contributed by atoms with Gasteiger partial charge < -0.3 is 25.1 Å². The van der Waals surface area contributed by atoms with E-state index >= 15 is 0 Å². The predicted molar refractivity (Wildman–Crippen MR) is 189 cm³/mol. The van der Waals surface area contributed by atoms with Crippen molar-refractivity contribution in [1.82, 2.24) is 15.5 Å². The number of oxime groups is 1. The normalized spacial score (nSPS) is 27.7. The number of benzene rings is 1. The van der Waals surface area contributed by atoms with Crippen molar-refractivity contribution in [3.8, 4) is 0 Å². The Morgan fingerprint density at radius 2 is 1.74 bits per heavy atom. The molecule has 12 heteroatoms. The van der Waals surface area contributed by atoms with Gasteiger partial charge in [0, 0.05) is 36.3 Å². The number of halogens is 1. The first-order valence-electron chi connectivity index (χ1n) is 18.2. The zero-order valence-corrected chi connectivity index (χ0v) is 31.0. The number of carbonyl (C=O) groups excluding carboxylic acids is 5. The minimum Gasteiger partial charge on any atom is -0.387 e. The van der Waals surface area contributed by atoms with E-state index < -0.39 is 52.5 Å². The fourth-order valence-electron chi connectivity index (χ4n) is 7.66. The summed E-state index contributed by atoms with van der Waals surface area (Å²) in [6, 6.07) is 4.28. The molecule has 3 fully saturated rings. The zero-order valence-electron chi connectivity index (χ0n) is 30.3. The second-order valence-electron chi connectivity index (χ2n) is 16.1. The average molecular weight is 713 g/mol. The van der Waals surface area contributed by atoms with Gasteiger partial charge >= 0.3 is 0 Å². The number of Topliss-reactive ketones (excluding diaryl/α,β-unsaturated/α-hetero) is 2. The van der Waals surface area contributed by atoms with Crippen LogP contribution in [0.3, 0.4) is 0 Å². The van der Waals surface area contributed by atoms with Crippen molar-refractivity contribution >= 4 is 46.6 Å². The van der Waals surface area contributed by atoms with Crippen molar-refractivity contribution in [2.45, 2.75) is 142 Å². The third kappa shape index (κ3) is 9.32. The largest absolute Gasteiger partial charge is 0.387 e. The van der Waals surface area contributed by atoms with Crippen LogP contribution in [0.15, 0.2) is 29.4 Å². The molecule has 274 valence electrons. The van der Waals surface area contributed by atoms with Crippen LogP contribution in [0.2, 0.25) is 5.02 Å². The number of hydrogen-bond acceptors (Lipinski definition) is 8. The Bertz CT molecular complexity index is 1490. The fourth-order valence-corrected chi connectivity index (χ4v) is 7.85. The number of carbonyl (C=O) groups is 5. The Morgan fingerprint density at radius 3 is 2.36 bits per heavy atom. The molecule has 3 amide bonds. The fraction of sp³-hybridized carbons (Fsp3) is 0.684. The highest BCUT2D eigenvalue weighted by Crippen LogP contribution is 2.40. The first-order chi connectivity index (χ1) is 23.6. The molecule has 5 rings (SSSR count). The number of amides is 3. The highest BCUT2D eigenvalue weighted by molar-refractivity contribution is 6.39. The summed E-state index contributed by atoms with van der Waals surface area (Å²) in [6.07, 6.45) is 5.27. The Labute approximate surface area is 300 Å². The highest BCUT2D eigenvalue weighted by atomic mass is 35.5. The van der Waals surface area contributed by atoms with E-state index in [-0.39, 0.29) is 55.8 Å². The van der Waals surface area contributed by atoms with Crippen LogP contribution in [-0.2, 0) is 33.5 Å². The summed E-state index contributed by atoms with van der Waals surface area (Å²) in [5, 5.41) is 10.8. The van der Waals surface area contributed by atoms with Gasteiger partial charge in [0.05, 0.1) is 30.5 Å². The molecule has 0 bridgehead atoms. The molecule has 2 unspecified atom stereocenters. The van der Waals surface area contributed by atoms with Crippen molar-refractivity contribution in [1.29, 1.82) is 0 Å². The molecule has 0 radical (unpaired) electrons. The van der Waals surface area contributed by atoms with Gasteiger partial charge in [-0.05, 0) is 75.3 Å². The van der Waals surface area contributed by atoms with Gasteiger partial charge in [-0.2, -0.15) is 0 Å². The summed E-state index contributed by atoms with van der Waals surface area (Å²) in [5.74, 6) is -1.89. The van der Waals surface area contributed by atoms with Crippen molar-refractivity contribution in [3.05, 3.63) is 34.9 Å². The molecule has 4 aliphatic rings. The van der Waals surface area contributed by atoms with Gasteiger partial charge in [0.1, 0.15) is 12.1 Å². The number of ether oxygens (including phenoxy) is 1. The molecule has 1 spiro atoms. The van der Waals surface area contributed by atoms with Crippen LogP contribution in [0, 0.1) is 17.3 Å². The van der Waals surface area contributed by atoms with Gasteiger partial charge in [0.15, 0.2) is 5.60 Å². The predicted octanol–water partition coefficient (Wildman–Crippen LogP) is 5.15. The maximum absolute atomic E-state index is 14.6. The number of nitrogens with one attached hydrogen (secondary N) is 2. The molecule has 3 aliphatic heterocycles. The summed E-state index contributed by atoms with van der Waals surface area (Å²) in [7, 11) is 0. The molecular weight excluding hydrogens is 660 g/mol. The van der Waals surface area contributed by atoms with E-state index in [1.807, 2.05) is 53.7 Å². The number of nitrogens with zero attached hydrogens (tertiary/aromatic N) is 2. The summed E-state index contributed by atoms with van der Waals surface area (Å²) in [4.78, 5) is 75.9. The van der Waals surface area contributed by atoms with Crippen molar-refractivity contribution in [2.24, 2.45) is 22.4 Å². The highest BCUT2D eigenvalue weighted by Gasteiger charge is 2.55. The van der Waals surface area contributed by atoms with Gasteiger partial charge in [-0.1, -0.05) is 63.0 Å². The Balaban J connectivity index is 1.38. The van der Waals surface area contributed by atoms with Crippen LogP contribution in [0.4, 0.5) is 0 Å². The Hall–Kier alpha value is -3.31. The van der Waals surface area contributed by atoms with E-state index in [1.165, 1.54) is 4.90 Å². The number of ketones is 2. The van der Waals surface area contributed by atoms with Crippen molar-refractivity contribution < 1.29 is 33.5 Å². The topological polar surface area (TPSA) is 143 Å². The van der Waals surface area contributed by atoms with E-state index in [0.29, 0.717) is 30.0 Å². The van der Waals surface area contributed by atoms with Crippen molar-refractivity contribution in [3.63, 3.8) is 0 Å². The SMILES string of the molecule is CCC[C@H](NC(=O)C1C[C@]2(CC(c3cccc(Cl)c3)=NO2)CN1C(=O)[C@@H](NC(=O)CC1C[C@@H](C)O[C@@H](C)C1)C(C)(C)C)C(=O)C(=O)CC1CC1. The lowest BCUT2D eigenvalue weighted by Gasteiger charge is -2.36. The number of rotatable bonds is 13. The Kier molecular flexibility index (Phi) is 11.8. The minimum atomic E-state index is -1.03. The molecule has 1 aliphatic carbocycles. The van der Waals surface area contributed by atoms with Crippen LogP contribution in [-0.4, -0.2) is 82.4 Å².